The number of benzene rings is 1. The maximum absolute atomic E-state index is 10.6. The fraction of sp³-hybridized carbons (Fsp3) is 0.100. The molecular formula is C10H7N3O4. The summed E-state index contributed by atoms with van der Waals surface area (Å²) in [6.07, 6.45) is 0.951. The average molecular weight is 233 g/mol. The quantitative estimate of drug-likeness (QED) is 0.629. The van der Waals surface area contributed by atoms with Crippen molar-refractivity contribution in [2.24, 2.45) is 0 Å². The summed E-state index contributed by atoms with van der Waals surface area (Å²) >= 11 is 0. The Kier molecular flexibility index (Phi) is 2.65. The predicted octanol–water partition coefficient (Wildman–Crippen LogP) is 1.17. The molecule has 1 aromatic carbocycles. The number of hydrogen-bond acceptors (Lipinski definition) is 5. The van der Waals surface area contributed by atoms with Gasteiger partial charge in [0, 0.05) is 17.5 Å². The highest BCUT2D eigenvalue weighted by molar-refractivity contribution is 5.86. The van der Waals surface area contributed by atoms with Crippen LogP contribution in [0.25, 0.3) is 10.9 Å². The SMILES string of the molecule is O=C(O)Cc1ncnc2ccc([N+](=O)[O-])cc12. The van der Waals surface area contributed by atoms with Crippen LogP contribution in [-0.2, 0) is 11.2 Å². The molecule has 0 amide bonds. The molecule has 0 bridgehead atoms. The van der Waals surface area contributed by atoms with Crippen molar-refractivity contribution < 1.29 is 14.8 Å². The summed E-state index contributed by atoms with van der Waals surface area (Å²) < 4.78 is 0. The van der Waals surface area contributed by atoms with Gasteiger partial charge >= 0.3 is 5.97 Å². The maximum Gasteiger partial charge on any atom is 0.309 e. The van der Waals surface area contributed by atoms with Gasteiger partial charge in [-0.15, -0.1) is 0 Å². The highest BCUT2D eigenvalue weighted by Crippen LogP contribution is 2.21. The van der Waals surface area contributed by atoms with E-state index in [0.717, 1.165) is 0 Å². The Morgan fingerprint density at radius 1 is 1.41 bits per heavy atom. The molecule has 0 atom stereocenters. The lowest BCUT2D eigenvalue weighted by Gasteiger charge is -2.02. The Hall–Kier alpha value is -2.57. The van der Waals surface area contributed by atoms with Crippen LogP contribution in [0.5, 0.6) is 0 Å². The molecule has 0 unspecified atom stereocenters. The minimum atomic E-state index is -1.04. The smallest absolute Gasteiger partial charge is 0.309 e. The minimum Gasteiger partial charge on any atom is -0.481 e. The van der Waals surface area contributed by atoms with E-state index in [1.54, 1.807) is 0 Å². The number of aromatic nitrogens is 2. The summed E-state index contributed by atoms with van der Waals surface area (Å²) in [5.74, 6) is -1.04. The van der Waals surface area contributed by atoms with Gasteiger partial charge in [0.05, 0.1) is 22.6 Å². The number of aliphatic carboxylic acids is 1. The van der Waals surface area contributed by atoms with E-state index in [9.17, 15) is 14.9 Å². The number of nitro groups is 1. The van der Waals surface area contributed by atoms with Crippen LogP contribution >= 0.6 is 0 Å². The Labute approximate surface area is 94.9 Å². The summed E-state index contributed by atoms with van der Waals surface area (Å²) in [6, 6.07) is 4.08. The van der Waals surface area contributed by atoms with Crippen LogP contribution in [-0.4, -0.2) is 26.0 Å². The summed E-state index contributed by atoms with van der Waals surface area (Å²) in [5.41, 5.74) is 0.645. The maximum atomic E-state index is 10.6. The second-order valence-corrected chi connectivity index (χ2v) is 3.35. The Bertz CT molecular complexity index is 612. The third-order valence-corrected chi connectivity index (χ3v) is 2.23. The lowest BCUT2D eigenvalue weighted by Crippen LogP contribution is -2.03. The van der Waals surface area contributed by atoms with Gasteiger partial charge < -0.3 is 5.11 Å². The Morgan fingerprint density at radius 3 is 2.82 bits per heavy atom. The second-order valence-electron chi connectivity index (χ2n) is 3.35. The molecule has 2 aromatic rings. The van der Waals surface area contributed by atoms with E-state index in [-0.39, 0.29) is 17.8 Å². The first kappa shape index (κ1) is 10.9. The van der Waals surface area contributed by atoms with E-state index >= 15 is 0 Å². The van der Waals surface area contributed by atoms with Crippen molar-refractivity contribution in [3.63, 3.8) is 0 Å². The minimum absolute atomic E-state index is 0.112. The molecule has 0 aliphatic heterocycles. The summed E-state index contributed by atoms with van der Waals surface area (Å²) in [6.45, 7) is 0. The van der Waals surface area contributed by atoms with Gasteiger partial charge in [-0.25, -0.2) is 9.97 Å². The number of nitrogens with zero attached hydrogens (tertiary/aromatic N) is 3. The molecule has 0 aliphatic rings. The van der Waals surface area contributed by atoms with Gasteiger partial charge in [-0.1, -0.05) is 0 Å². The molecule has 1 heterocycles. The molecule has 1 N–H and O–H groups in total. The Morgan fingerprint density at radius 2 is 2.18 bits per heavy atom. The molecule has 17 heavy (non-hydrogen) atoms. The molecule has 0 radical (unpaired) electrons. The van der Waals surface area contributed by atoms with Crippen molar-refractivity contribution in [2.45, 2.75) is 6.42 Å². The van der Waals surface area contributed by atoms with E-state index in [1.807, 2.05) is 0 Å². The number of non-ortho nitro benzene ring substituents is 1. The van der Waals surface area contributed by atoms with Crippen molar-refractivity contribution in [1.82, 2.24) is 9.97 Å². The molecule has 0 spiro atoms. The monoisotopic (exact) mass is 233 g/mol. The molecule has 0 saturated carbocycles. The molecule has 0 saturated heterocycles. The van der Waals surface area contributed by atoms with Crippen LogP contribution in [0.3, 0.4) is 0 Å². The Balaban J connectivity index is 2.63. The number of carbonyl (C=O) groups is 1. The molecule has 7 heteroatoms. The van der Waals surface area contributed by atoms with Crippen LogP contribution in [0.1, 0.15) is 5.69 Å². The molecular weight excluding hydrogens is 226 g/mol. The highest BCUT2D eigenvalue weighted by atomic mass is 16.6. The van der Waals surface area contributed by atoms with E-state index < -0.39 is 10.9 Å². The van der Waals surface area contributed by atoms with Crippen LogP contribution < -0.4 is 0 Å². The lowest BCUT2D eigenvalue weighted by molar-refractivity contribution is -0.384. The number of carboxylic acid groups (broad SMARTS) is 1. The summed E-state index contributed by atoms with van der Waals surface area (Å²) in [5, 5.41) is 19.7. The summed E-state index contributed by atoms with van der Waals surface area (Å²) in [4.78, 5) is 28.5. The van der Waals surface area contributed by atoms with Crippen molar-refractivity contribution in [3.05, 3.63) is 40.3 Å². The predicted molar refractivity (Wildman–Crippen MR) is 57.5 cm³/mol. The first-order chi connectivity index (χ1) is 8.08. The van der Waals surface area contributed by atoms with Gasteiger partial charge in [-0.05, 0) is 6.07 Å². The van der Waals surface area contributed by atoms with E-state index in [1.165, 1.54) is 24.5 Å². The normalized spacial score (nSPS) is 10.4. The first-order valence-corrected chi connectivity index (χ1v) is 4.68. The fourth-order valence-electron chi connectivity index (χ4n) is 1.50. The zero-order chi connectivity index (χ0) is 12.4. The van der Waals surface area contributed by atoms with Crippen LogP contribution in [0, 0.1) is 10.1 Å². The van der Waals surface area contributed by atoms with Crippen LogP contribution in [0.4, 0.5) is 5.69 Å². The summed E-state index contributed by atoms with van der Waals surface area (Å²) in [7, 11) is 0. The van der Waals surface area contributed by atoms with Crippen molar-refractivity contribution in [2.75, 3.05) is 0 Å². The molecule has 7 nitrogen and oxygen atoms in total. The van der Waals surface area contributed by atoms with Crippen LogP contribution in [0.15, 0.2) is 24.5 Å². The number of nitro benzene ring substituents is 1. The van der Waals surface area contributed by atoms with E-state index in [4.69, 9.17) is 5.11 Å². The number of carboxylic acids is 1. The van der Waals surface area contributed by atoms with E-state index in [0.29, 0.717) is 10.9 Å². The van der Waals surface area contributed by atoms with E-state index in [2.05, 4.69) is 9.97 Å². The van der Waals surface area contributed by atoms with Crippen molar-refractivity contribution >= 4 is 22.6 Å². The van der Waals surface area contributed by atoms with Gasteiger partial charge in [0.2, 0.25) is 0 Å². The van der Waals surface area contributed by atoms with Gasteiger partial charge in [-0.2, -0.15) is 0 Å². The third-order valence-electron chi connectivity index (χ3n) is 2.23. The first-order valence-electron chi connectivity index (χ1n) is 4.68. The third kappa shape index (κ3) is 2.17. The number of fused-ring (bicyclic) bond motifs is 1. The number of hydrogen-bond donors (Lipinski definition) is 1. The van der Waals surface area contributed by atoms with Gasteiger partial charge in [-0.3, -0.25) is 14.9 Å². The van der Waals surface area contributed by atoms with Gasteiger partial charge in [0.25, 0.3) is 5.69 Å². The van der Waals surface area contributed by atoms with Gasteiger partial charge in [0.15, 0.2) is 0 Å². The van der Waals surface area contributed by atoms with Crippen LogP contribution in [0.2, 0.25) is 0 Å². The number of rotatable bonds is 3. The lowest BCUT2D eigenvalue weighted by atomic mass is 10.1. The molecule has 0 fully saturated rings. The largest absolute Gasteiger partial charge is 0.481 e. The molecule has 2 rings (SSSR count). The molecule has 0 aliphatic carbocycles. The van der Waals surface area contributed by atoms with Crippen molar-refractivity contribution in [1.29, 1.82) is 0 Å². The highest BCUT2D eigenvalue weighted by Gasteiger charge is 2.12. The topological polar surface area (TPSA) is 106 Å². The average Bonchev–Trinajstić information content (AvgIpc) is 2.28. The van der Waals surface area contributed by atoms with Gasteiger partial charge in [0.1, 0.15) is 6.33 Å². The second kappa shape index (κ2) is 4.12. The zero-order valence-electron chi connectivity index (χ0n) is 8.53. The zero-order valence-corrected chi connectivity index (χ0v) is 8.53. The van der Waals surface area contributed by atoms with Crippen molar-refractivity contribution in [3.8, 4) is 0 Å². The fourth-order valence-corrected chi connectivity index (χ4v) is 1.50. The molecule has 1 aromatic heterocycles. The standard InChI is InChI=1S/C10H7N3O4/c14-10(15)4-9-7-3-6(13(16)17)1-2-8(7)11-5-12-9/h1-3,5H,4H2,(H,14,15). The molecule has 86 valence electrons.